The van der Waals surface area contributed by atoms with E-state index < -0.39 is 0 Å². The molecule has 0 atom stereocenters. The monoisotopic (exact) mass is 247 g/mol. The lowest BCUT2D eigenvalue weighted by atomic mass is 10.2. The minimum absolute atomic E-state index is 0.0299. The van der Waals surface area contributed by atoms with Gasteiger partial charge in [-0.1, -0.05) is 19.9 Å². The second-order valence-corrected chi connectivity index (χ2v) is 4.83. The van der Waals surface area contributed by atoms with Crippen LogP contribution in [0.3, 0.4) is 0 Å². The van der Waals surface area contributed by atoms with Gasteiger partial charge in [0.05, 0.1) is 6.07 Å². The molecule has 0 saturated carbocycles. The Kier molecular flexibility index (Phi) is 6.16. The second kappa shape index (κ2) is 7.67. The number of rotatable bonds is 7. The molecular formula is C14H21N3O. The third-order valence-corrected chi connectivity index (χ3v) is 2.72. The van der Waals surface area contributed by atoms with Crippen LogP contribution in [-0.2, 0) is 6.54 Å². The molecule has 0 aromatic carbocycles. The molecule has 1 rings (SSSR count). The highest BCUT2D eigenvalue weighted by Gasteiger charge is 2.07. The fourth-order valence-electron chi connectivity index (χ4n) is 1.91. The van der Waals surface area contributed by atoms with Gasteiger partial charge in [-0.2, -0.15) is 5.26 Å². The maximum atomic E-state index is 11.6. The summed E-state index contributed by atoms with van der Waals surface area (Å²) in [5.74, 6) is 0.566. The Morgan fingerprint density at radius 2 is 2.17 bits per heavy atom. The van der Waals surface area contributed by atoms with Crippen molar-refractivity contribution in [2.75, 3.05) is 19.6 Å². The fraction of sp³-hybridized carbons (Fsp3) is 0.571. The van der Waals surface area contributed by atoms with Crippen LogP contribution in [0.25, 0.3) is 0 Å². The van der Waals surface area contributed by atoms with Gasteiger partial charge in [0.2, 0.25) is 0 Å². The Morgan fingerprint density at radius 3 is 2.78 bits per heavy atom. The number of nitriles is 1. The first kappa shape index (κ1) is 14.5. The van der Waals surface area contributed by atoms with Crippen LogP contribution in [0.2, 0.25) is 0 Å². The van der Waals surface area contributed by atoms with Crippen molar-refractivity contribution in [3.8, 4) is 6.07 Å². The van der Waals surface area contributed by atoms with E-state index in [1.54, 1.807) is 22.9 Å². The molecule has 18 heavy (non-hydrogen) atoms. The molecular weight excluding hydrogens is 226 g/mol. The van der Waals surface area contributed by atoms with E-state index in [9.17, 15) is 4.79 Å². The van der Waals surface area contributed by atoms with E-state index in [0.717, 1.165) is 19.6 Å². The molecule has 1 aromatic heterocycles. The average Bonchev–Trinajstić information content (AvgIpc) is 2.34. The van der Waals surface area contributed by atoms with E-state index in [4.69, 9.17) is 5.26 Å². The summed E-state index contributed by atoms with van der Waals surface area (Å²) in [6, 6.07) is 7.36. The SMILES string of the molecule is CC(C)CN(CCC#N)CCn1ccccc1=O. The number of pyridine rings is 1. The maximum absolute atomic E-state index is 11.6. The van der Waals surface area contributed by atoms with Gasteiger partial charge >= 0.3 is 0 Å². The van der Waals surface area contributed by atoms with E-state index >= 15 is 0 Å². The highest BCUT2D eigenvalue weighted by Crippen LogP contribution is 2.00. The summed E-state index contributed by atoms with van der Waals surface area (Å²) in [6.45, 7) is 7.54. The fourth-order valence-corrected chi connectivity index (χ4v) is 1.91. The number of aromatic nitrogens is 1. The molecule has 0 unspecified atom stereocenters. The minimum Gasteiger partial charge on any atom is -0.314 e. The summed E-state index contributed by atoms with van der Waals surface area (Å²) in [6.07, 6.45) is 2.34. The van der Waals surface area contributed by atoms with Gasteiger partial charge in [-0.25, -0.2) is 0 Å². The molecule has 0 aliphatic rings. The topological polar surface area (TPSA) is 49.0 Å². The van der Waals surface area contributed by atoms with Gasteiger partial charge in [-0.15, -0.1) is 0 Å². The molecule has 1 heterocycles. The number of hydrogen-bond donors (Lipinski definition) is 0. The second-order valence-electron chi connectivity index (χ2n) is 4.83. The van der Waals surface area contributed by atoms with Crippen molar-refractivity contribution < 1.29 is 0 Å². The van der Waals surface area contributed by atoms with Gasteiger partial charge in [-0.05, 0) is 12.0 Å². The lowest BCUT2D eigenvalue weighted by Crippen LogP contribution is -2.33. The maximum Gasteiger partial charge on any atom is 0.250 e. The molecule has 0 aliphatic carbocycles. The molecule has 0 N–H and O–H groups in total. The van der Waals surface area contributed by atoms with E-state index in [2.05, 4.69) is 24.8 Å². The molecule has 0 bridgehead atoms. The highest BCUT2D eigenvalue weighted by molar-refractivity contribution is 4.93. The summed E-state index contributed by atoms with van der Waals surface area (Å²) in [4.78, 5) is 13.8. The zero-order chi connectivity index (χ0) is 13.4. The first-order valence-corrected chi connectivity index (χ1v) is 6.38. The molecule has 0 spiro atoms. The Bertz CT molecular complexity index is 445. The van der Waals surface area contributed by atoms with Crippen LogP contribution in [0.15, 0.2) is 29.2 Å². The standard InChI is InChI=1S/C14H21N3O/c1-13(2)12-16(8-5-7-15)10-11-17-9-4-3-6-14(17)18/h3-4,6,9,13H,5,8,10-12H2,1-2H3. The first-order chi connectivity index (χ1) is 8.63. The highest BCUT2D eigenvalue weighted by atomic mass is 16.1. The van der Waals surface area contributed by atoms with Gasteiger partial charge in [-0.3, -0.25) is 4.79 Å². The van der Waals surface area contributed by atoms with E-state index in [0.29, 0.717) is 18.9 Å². The quantitative estimate of drug-likeness (QED) is 0.737. The van der Waals surface area contributed by atoms with E-state index in [1.165, 1.54) is 0 Å². The van der Waals surface area contributed by atoms with Crippen molar-refractivity contribution in [3.63, 3.8) is 0 Å². The summed E-state index contributed by atoms with van der Waals surface area (Å²) in [5.41, 5.74) is 0.0299. The van der Waals surface area contributed by atoms with Gasteiger partial charge in [0, 0.05) is 44.9 Å². The lowest BCUT2D eigenvalue weighted by molar-refractivity contribution is 0.239. The van der Waals surface area contributed by atoms with Gasteiger partial charge in [0.15, 0.2) is 0 Å². The molecule has 4 nitrogen and oxygen atoms in total. The summed E-state index contributed by atoms with van der Waals surface area (Å²) >= 11 is 0. The van der Waals surface area contributed by atoms with Crippen molar-refractivity contribution in [3.05, 3.63) is 34.7 Å². The molecule has 0 radical (unpaired) electrons. The average molecular weight is 247 g/mol. The van der Waals surface area contributed by atoms with Crippen LogP contribution in [0, 0.1) is 17.2 Å². The van der Waals surface area contributed by atoms with Gasteiger partial charge < -0.3 is 9.47 Å². The van der Waals surface area contributed by atoms with Crippen molar-refractivity contribution in [2.45, 2.75) is 26.8 Å². The Morgan fingerprint density at radius 1 is 1.39 bits per heavy atom. The smallest absolute Gasteiger partial charge is 0.250 e. The number of hydrogen-bond acceptors (Lipinski definition) is 3. The Hall–Kier alpha value is -1.60. The predicted molar refractivity (Wildman–Crippen MR) is 72.2 cm³/mol. The first-order valence-electron chi connectivity index (χ1n) is 6.38. The van der Waals surface area contributed by atoms with Gasteiger partial charge in [0.1, 0.15) is 0 Å². The summed E-state index contributed by atoms with van der Waals surface area (Å²) in [5, 5.41) is 8.65. The van der Waals surface area contributed by atoms with E-state index in [-0.39, 0.29) is 5.56 Å². The van der Waals surface area contributed by atoms with Gasteiger partial charge in [0.25, 0.3) is 5.56 Å². The molecule has 0 amide bonds. The molecule has 98 valence electrons. The largest absolute Gasteiger partial charge is 0.314 e. The zero-order valence-corrected chi connectivity index (χ0v) is 11.2. The molecule has 0 saturated heterocycles. The zero-order valence-electron chi connectivity index (χ0n) is 11.2. The normalized spacial score (nSPS) is 10.8. The summed E-state index contributed by atoms with van der Waals surface area (Å²) in [7, 11) is 0. The molecule has 1 aromatic rings. The minimum atomic E-state index is 0.0299. The van der Waals surface area contributed by atoms with Crippen molar-refractivity contribution >= 4 is 0 Å². The Balaban J connectivity index is 2.53. The molecule has 0 aliphatic heterocycles. The summed E-state index contributed by atoms with van der Waals surface area (Å²) < 4.78 is 1.71. The van der Waals surface area contributed by atoms with Crippen LogP contribution in [-0.4, -0.2) is 29.1 Å². The Labute approximate surface area is 108 Å². The van der Waals surface area contributed by atoms with Crippen LogP contribution in [0.1, 0.15) is 20.3 Å². The van der Waals surface area contributed by atoms with Crippen LogP contribution >= 0.6 is 0 Å². The molecule has 4 heteroatoms. The van der Waals surface area contributed by atoms with Crippen LogP contribution in [0.4, 0.5) is 0 Å². The van der Waals surface area contributed by atoms with Crippen molar-refractivity contribution in [1.82, 2.24) is 9.47 Å². The predicted octanol–water partition coefficient (Wildman–Crippen LogP) is 1.72. The van der Waals surface area contributed by atoms with Crippen LogP contribution in [0.5, 0.6) is 0 Å². The third kappa shape index (κ3) is 5.15. The number of nitrogens with zero attached hydrogens (tertiary/aromatic N) is 3. The van der Waals surface area contributed by atoms with Crippen molar-refractivity contribution in [2.24, 2.45) is 5.92 Å². The lowest BCUT2D eigenvalue weighted by Gasteiger charge is -2.23. The van der Waals surface area contributed by atoms with E-state index in [1.807, 2.05) is 6.07 Å². The molecule has 0 fully saturated rings. The van der Waals surface area contributed by atoms with Crippen LogP contribution < -0.4 is 5.56 Å². The third-order valence-electron chi connectivity index (χ3n) is 2.72. The van der Waals surface area contributed by atoms with Crippen molar-refractivity contribution in [1.29, 1.82) is 5.26 Å².